The third-order valence-electron chi connectivity index (χ3n) is 3.03. The first-order valence-electron chi connectivity index (χ1n) is 6.06. The molecule has 0 heterocycles. The van der Waals surface area contributed by atoms with Crippen LogP contribution in [0.4, 0.5) is 0 Å². The number of thiol groups is 1. The Morgan fingerprint density at radius 2 is 1.93 bits per heavy atom. The minimum atomic E-state index is 0.692. The highest BCUT2D eigenvalue weighted by Crippen LogP contribution is 2.34. The SMILES string of the molecule is CCCCC(C)SC1CCC(S)CC1. The zero-order valence-electron chi connectivity index (χ0n) is 9.54. The van der Waals surface area contributed by atoms with Gasteiger partial charge in [-0.25, -0.2) is 0 Å². The topological polar surface area (TPSA) is 0 Å². The maximum absolute atomic E-state index is 4.54. The van der Waals surface area contributed by atoms with Crippen molar-refractivity contribution >= 4 is 24.4 Å². The van der Waals surface area contributed by atoms with E-state index in [0.717, 1.165) is 10.5 Å². The summed E-state index contributed by atoms with van der Waals surface area (Å²) < 4.78 is 0. The highest BCUT2D eigenvalue weighted by atomic mass is 32.2. The molecule has 84 valence electrons. The van der Waals surface area contributed by atoms with Crippen molar-refractivity contribution in [2.75, 3.05) is 0 Å². The first kappa shape index (κ1) is 12.8. The lowest BCUT2D eigenvalue weighted by Gasteiger charge is -2.27. The first-order chi connectivity index (χ1) is 6.72. The molecule has 1 atom stereocenters. The summed E-state index contributed by atoms with van der Waals surface area (Å²) in [4.78, 5) is 0. The summed E-state index contributed by atoms with van der Waals surface area (Å²) in [5.41, 5.74) is 0. The van der Waals surface area contributed by atoms with Gasteiger partial charge in [-0.15, -0.1) is 0 Å². The van der Waals surface area contributed by atoms with E-state index in [2.05, 4.69) is 38.2 Å². The van der Waals surface area contributed by atoms with E-state index >= 15 is 0 Å². The smallest absolute Gasteiger partial charge is 0.00505 e. The molecule has 2 heteroatoms. The lowest BCUT2D eigenvalue weighted by Crippen LogP contribution is -2.18. The van der Waals surface area contributed by atoms with Crippen molar-refractivity contribution in [3.8, 4) is 0 Å². The van der Waals surface area contributed by atoms with Gasteiger partial charge in [-0.05, 0) is 32.1 Å². The highest BCUT2D eigenvalue weighted by Gasteiger charge is 2.20. The average Bonchev–Trinajstić information content (AvgIpc) is 2.18. The molecule has 1 fully saturated rings. The van der Waals surface area contributed by atoms with Crippen LogP contribution in [0.1, 0.15) is 58.8 Å². The summed E-state index contributed by atoms with van der Waals surface area (Å²) in [5.74, 6) is 0. The molecule has 0 spiro atoms. The van der Waals surface area contributed by atoms with E-state index < -0.39 is 0 Å². The zero-order chi connectivity index (χ0) is 10.4. The van der Waals surface area contributed by atoms with Gasteiger partial charge in [0.25, 0.3) is 0 Å². The second-order valence-corrected chi connectivity index (χ2v) is 6.99. The molecule has 1 aliphatic rings. The summed E-state index contributed by atoms with van der Waals surface area (Å²) in [6.45, 7) is 4.68. The van der Waals surface area contributed by atoms with Gasteiger partial charge in [0.15, 0.2) is 0 Å². The minimum Gasteiger partial charge on any atom is -0.176 e. The van der Waals surface area contributed by atoms with Crippen molar-refractivity contribution < 1.29 is 0 Å². The van der Waals surface area contributed by atoms with Crippen LogP contribution in [-0.4, -0.2) is 15.7 Å². The Labute approximate surface area is 99.0 Å². The second kappa shape index (κ2) is 7.05. The van der Waals surface area contributed by atoms with Gasteiger partial charge >= 0.3 is 0 Å². The van der Waals surface area contributed by atoms with Crippen LogP contribution in [0, 0.1) is 0 Å². The Balaban J connectivity index is 2.10. The number of hydrogen-bond donors (Lipinski definition) is 1. The molecular formula is C12H24S2. The fraction of sp³-hybridized carbons (Fsp3) is 1.00. The second-order valence-electron chi connectivity index (χ2n) is 4.52. The van der Waals surface area contributed by atoms with Crippen LogP contribution in [0.25, 0.3) is 0 Å². The van der Waals surface area contributed by atoms with Crippen LogP contribution in [0.5, 0.6) is 0 Å². The molecule has 0 bridgehead atoms. The average molecular weight is 232 g/mol. The van der Waals surface area contributed by atoms with E-state index in [1.165, 1.54) is 44.9 Å². The quantitative estimate of drug-likeness (QED) is 0.679. The molecular weight excluding hydrogens is 208 g/mol. The van der Waals surface area contributed by atoms with Gasteiger partial charge < -0.3 is 0 Å². The van der Waals surface area contributed by atoms with Crippen molar-refractivity contribution in [2.24, 2.45) is 0 Å². The van der Waals surface area contributed by atoms with Crippen molar-refractivity contribution in [3.63, 3.8) is 0 Å². The van der Waals surface area contributed by atoms with Crippen LogP contribution in [0.15, 0.2) is 0 Å². The van der Waals surface area contributed by atoms with E-state index in [-0.39, 0.29) is 0 Å². The summed E-state index contributed by atoms with van der Waals surface area (Å²) in [6.07, 6.45) is 9.61. The Morgan fingerprint density at radius 1 is 1.29 bits per heavy atom. The molecule has 1 rings (SSSR count). The van der Waals surface area contributed by atoms with Gasteiger partial charge in [0.05, 0.1) is 0 Å². The van der Waals surface area contributed by atoms with Gasteiger partial charge in [0.1, 0.15) is 0 Å². The first-order valence-corrected chi connectivity index (χ1v) is 7.51. The third-order valence-corrected chi connectivity index (χ3v) is 5.11. The normalized spacial score (nSPS) is 30.2. The number of hydrogen-bond acceptors (Lipinski definition) is 2. The van der Waals surface area contributed by atoms with Gasteiger partial charge in [0, 0.05) is 15.7 Å². The standard InChI is InChI=1S/C12H24S2/c1-3-4-5-10(2)14-12-8-6-11(13)7-9-12/h10-13H,3-9H2,1-2H3. The zero-order valence-corrected chi connectivity index (χ0v) is 11.2. The summed E-state index contributed by atoms with van der Waals surface area (Å²) in [7, 11) is 0. The lowest BCUT2D eigenvalue weighted by molar-refractivity contribution is 0.528. The van der Waals surface area contributed by atoms with Crippen LogP contribution >= 0.6 is 24.4 Å². The maximum atomic E-state index is 4.54. The Hall–Kier alpha value is 0.700. The van der Waals surface area contributed by atoms with E-state index in [4.69, 9.17) is 0 Å². The largest absolute Gasteiger partial charge is 0.176 e. The lowest BCUT2D eigenvalue weighted by atomic mass is 10.00. The summed E-state index contributed by atoms with van der Waals surface area (Å²) >= 11 is 6.77. The van der Waals surface area contributed by atoms with E-state index in [0.29, 0.717) is 5.25 Å². The summed E-state index contributed by atoms with van der Waals surface area (Å²) in [5, 5.41) is 2.50. The van der Waals surface area contributed by atoms with Crippen LogP contribution in [0.2, 0.25) is 0 Å². The third kappa shape index (κ3) is 4.97. The van der Waals surface area contributed by atoms with Crippen molar-refractivity contribution in [1.82, 2.24) is 0 Å². The van der Waals surface area contributed by atoms with Crippen molar-refractivity contribution in [2.45, 2.75) is 74.5 Å². The molecule has 0 saturated heterocycles. The Bertz CT molecular complexity index is 139. The van der Waals surface area contributed by atoms with Crippen LogP contribution in [-0.2, 0) is 0 Å². The molecule has 0 aromatic heterocycles. The van der Waals surface area contributed by atoms with Gasteiger partial charge in [-0.1, -0.05) is 26.7 Å². The monoisotopic (exact) mass is 232 g/mol. The molecule has 14 heavy (non-hydrogen) atoms. The fourth-order valence-corrected chi connectivity index (χ4v) is 3.87. The molecule has 0 aliphatic heterocycles. The molecule has 0 N–H and O–H groups in total. The Kier molecular flexibility index (Phi) is 6.43. The minimum absolute atomic E-state index is 0.692. The predicted molar refractivity (Wildman–Crippen MR) is 71.6 cm³/mol. The highest BCUT2D eigenvalue weighted by molar-refractivity contribution is 8.00. The van der Waals surface area contributed by atoms with Gasteiger partial charge in [0.2, 0.25) is 0 Å². The molecule has 0 aromatic carbocycles. The number of rotatable bonds is 5. The molecule has 1 unspecified atom stereocenters. The molecule has 0 aromatic rings. The predicted octanol–water partition coefficient (Wildman–Crippen LogP) is 4.54. The molecule has 1 saturated carbocycles. The maximum Gasteiger partial charge on any atom is 0.00505 e. The van der Waals surface area contributed by atoms with Crippen molar-refractivity contribution in [3.05, 3.63) is 0 Å². The van der Waals surface area contributed by atoms with E-state index in [1.54, 1.807) is 0 Å². The van der Waals surface area contributed by atoms with Crippen LogP contribution < -0.4 is 0 Å². The van der Waals surface area contributed by atoms with E-state index in [9.17, 15) is 0 Å². The summed E-state index contributed by atoms with van der Waals surface area (Å²) in [6, 6.07) is 0. The molecule has 0 radical (unpaired) electrons. The number of thioether (sulfide) groups is 1. The van der Waals surface area contributed by atoms with Gasteiger partial charge in [-0.2, -0.15) is 24.4 Å². The van der Waals surface area contributed by atoms with Crippen LogP contribution in [0.3, 0.4) is 0 Å². The molecule has 0 nitrogen and oxygen atoms in total. The number of unbranched alkanes of at least 4 members (excludes halogenated alkanes) is 1. The van der Waals surface area contributed by atoms with Gasteiger partial charge in [-0.3, -0.25) is 0 Å². The fourth-order valence-electron chi connectivity index (χ4n) is 2.07. The van der Waals surface area contributed by atoms with E-state index in [1.807, 2.05) is 0 Å². The van der Waals surface area contributed by atoms with Crippen molar-refractivity contribution in [1.29, 1.82) is 0 Å². The molecule has 1 aliphatic carbocycles. The molecule has 0 amide bonds. The Morgan fingerprint density at radius 3 is 2.50 bits per heavy atom.